The number of carbonyl (C=O) groups excluding carboxylic acids is 1. The van der Waals surface area contributed by atoms with Crippen molar-refractivity contribution < 1.29 is 58.4 Å². The smallest absolute Gasteiger partial charge is 0.403 e. The Hall–Kier alpha value is -2.54. The van der Waals surface area contributed by atoms with Gasteiger partial charge in [-0.1, -0.05) is 6.92 Å². The monoisotopic (exact) mass is 470 g/mol. The van der Waals surface area contributed by atoms with Crippen LogP contribution in [-0.2, 0) is 33.1 Å². The van der Waals surface area contributed by atoms with Crippen LogP contribution in [0.25, 0.3) is 0 Å². The second-order valence-corrected chi connectivity index (χ2v) is 8.24. The lowest BCUT2D eigenvalue weighted by atomic mass is 10.1. The average Bonchev–Trinajstić information content (AvgIpc) is 2.64. The molecule has 0 heterocycles. The molecule has 15 heteroatoms. The molecule has 0 saturated heterocycles. The first-order chi connectivity index (χ1) is 14.2. The highest BCUT2D eigenvalue weighted by molar-refractivity contribution is 7.50. The highest BCUT2D eigenvalue weighted by Gasteiger charge is 2.29. The molecular formula is C16H27N2O12P. The standard InChI is InChI=1S/C16H27N2O12P/c1-9(14(22)23)4-6-12(19)17-10(15(24)25)3-2-8-30-31(28,29)18-11(16(26)27)5-7-13(20)21/h9-11H,2-8H2,1H3,(H,17,19)(H,20,21)(H,22,23)(H,24,25)(H,26,27)(H2,18,28,29)/t9-,10-,11-/m0/s1. The molecule has 31 heavy (non-hydrogen) atoms. The van der Waals surface area contributed by atoms with Crippen LogP contribution >= 0.6 is 7.75 Å². The van der Waals surface area contributed by atoms with E-state index < -0.39 is 75.0 Å². The highest BCUT2D eigenvalue weighted by atomic mass is 31.2. The zero-order valence-electron chi connectivity index (χ0n) is 16.7. The molecule has 0 saturated carbocycles. The van der Waals surface area contributed by atoms with E-state index in [1.54, 1.807) is 0 Å². The lowest BCUT2D eigenvalue weighted by molar-refractivity contribution is -0.143. The predicted octanol–water partition coefficient (Wildman–Crippen LogP) is -0.138. The van der Waals surface area contributed by atoms with E-state index in [1.165, 1.54) is 6.92 Å². The Bertz CT molecular complexity index is 713. The van der Waals surface area contributed by atoms with Gasteiger partial charge in [0.15, 0.2) is 0 Å². The van der Waals surface area contributed by atoms with Gasteiger partial charge in [0.25, 0.3) is 0 Å². The van der Waals surface area contributed by atoms with E-state index in [4.69, 9.17) is 20.4 Å². The minimum Gasteiger partial charge on any atom is -0.481 e. The molecule has 0 aromatic carbocycles. The molecule has 0 aliphatic carbocycles. The first-order valence-electron chi connectivity index (χ1n) is 9.20. The molecule has 0 spiro atoms. The van der Waals surface area contributed by atoms with Crippen molar-refractivity contribution in [3.8, 4) is 0 Å². The van der Waals surface area contributed by atoms with Crippen molar-refractivity contribution in [3.63, 3.8) is 0 Å². The van der Waals surface area contributed by atoms with E-state index in [-0.39, 0.29) is 25.7 Å². The third kappa shape index (κ3) is 13.4. The molecule has 0 aliphatic rings. The summed E-state index contributed by atoms with van der Waals surface area (Å²) >= 11 is 0. The number of nitrogens with one attached hydrogen (secondary N) is 2. The first-order valence-corrected chi connectivity index (χ1v) is 10.8. The minimum absolute atomic E-state index is 0.0165. The van der Waals surface area contributed by atoms with Crippen LogP contribution in [0.2, 0.25) is 0 Å². The summed E-state index contributed by atoms with van der Waals surface area (Å²) in [6, 6.07) is -2.99. The van der Waals surface area contributed by atoms with Crippen molar-refractivity contribution in [1.29, 1.82) is 0 Å². The number of aliphatic carboxylic acids is 4. The lowest BCUT2D eigenvalue weighted by Crippen LogP contribution is -2.41. The number of amides is 1. The molecule has 0 radical (unpaired) electrons. The second kappa shape index (κ2) is 13.7. The van der Waals surface area contributed by atoms with Gasteiger partial charge in [-0.3, -0.25) is 23.7 Å². The maximum absolute atomic E-state index is 11.9. The molecule has 1 unspecified atom stereocenters. The van der Waals surface area contributed by atoms with Gasteiger partial charge in [0.1, 0.15) is 12.1 Å². The normalized spacial score (nSPS) is 15.8. The van der Waals surface area contributed by atoms with Crippen LogP contribution in [-0.4, -0.2) is 73.8 Å². The van der Waals surface area contributed by atoms with Gasteiger partial charge in [0, 0.05) is 12.8 Å². The molecule has 7 N–H and O–H groups in total. The van der Waals surface area contributed by atoms with Crippen molar-refractivity contribution in [3.05, 3.63) is 0 Å². The predicted molar refractivity (Wildman–Crippen MR) is 102 cm³/mol. The van der Waals surface area contributed by atoms with E-state index >= 15 is 0 Å². The third-order valence-electron chi connectivity index (χ3n) is 4.03. The SMILES string of the molecule is C[C@@H](CCC(=O)N[C@@H](CCCOP(=O)(O)N[C@@H](CCC(=O)O)C(=O)O)C(=O)O)C(=O)O. The Labute approximate surface area is 177 Å². The topological polar surface area (TPSA) is 237 Å². The van der Waals surface area contributed by atoms with Crippen LogP contribution in [0.15, 0.2) is 0 Å². The van der Waals surface area contributed by atoms with Gasteiger partial charge in [0.05, 0.1) is 12.5 Å². The van der Waals surface area contributed by atoms with Gasteiger partial charge < -0.3 is 30.6 Å². The van der Waals surface area contributed by atoms with Gasteiger partial charge in [0.2, 0.25) is 5.91 Å². The molecule has 0 bridgehead atoms. The molecule has 0 aromatic rings. The molecule has 1 amide bonds. The Morgan fingerprint density at radius 2 is 1.45 bits per heavy atom. The molecular weight excluding hydrogens is 443 g/mol. The highest BCUT2D eigenvalue weighted by Crippen LogP contribution is 2.38. The number of carbonyl (C=O) groups is 5. The summed E-state index contributed by atoms with van der Waals surface area (Å²) in [5.74, 6) is -6.75. The quantitative estimate of drug-likeness (QED) is 0.108. The number of hydrogen-bond donors (Lipinski definition) is 7. The zero-order chi connectivity index (χ0) is 24.2. The molecule has 0 rings (SSSR count). The average molecular weight is 470 g/mol. The molecule has 4 atom stereocenters. The maximum Gasteiger partial charge on any atom is 0.403 e. The van der Waals surface area contributed by atoms with E-state index in [2.05, 4.69) is 9.84 Å². The van der Waals surface area contributed by atoms with Gasteiger partial charge in [-0.2, -0.15) is 0 Å². The summed E-state index contributed by atoms with van der Waals surface area (Å²) in [6.45, 7) is 0.946. The maximum atomic E-state index is 11.9. The zero-order valence-corrected chi connectivity index (χ0v) is 17.6. The lowest BCUT2D eigenvalue weighted by Gasteiger charge is -2.19. The van der Waals surface area contributed by atoms with E-state index in [0.717, 1.165) is 0 Å². The summed E-state index contributed by atoms with van der Waals surface area (Å²) in [5.41, 5.74) is 0. The van der Waals surface area contributed by atoms with Crippen LogP contribution in [0.4, 0.5) is 0 Å². The van der Waals surface area contributed by atoms with Crippen molar-refractivity contribution in [2.45, 2.75) is 57.5 Å². The van der Waals surface area contributed by atoms with E-state index in [1.807, 2.05) is 5.09 Å². The summed E-state index contributed by atoms with van der Waals surface area (Å²) in [4.78, 5) is 65.0. The molecule has 0 aromatic heterocycles. The Balaban J connectivity index is 4.52. The fraction of sp³-hybridized carbons (Fsp3) is 0.688. The Kier molecular flexibility index (Phi) is 12.6. The summed E-state index contributed by atoms with van der Waals surface area (Å²) < 4.78 is 16.6. The summed E-state index contributed by atoms with van der Waals surface area (Å²) in [5, 5.41) is 39.5. The largest absolute Gasteiger partial charge is 0.481 e. The minimum atomic E-state index is -4.62. The first kappa shape index (κ1) is 28.5. The Morgan fingerprint density at radius 1 is 0.871 bits per heavy atom. The number of hydrogen-bond acceptors (Lipinski definition) is 7. The van der Waals surface area contributed by atoms with Gasteiger partial charge in [-0.25, -0.2) is 14.4 Å². The van der Waals surface area contributed by atoms with Crippen LogP contribution in [0.5, 0.6) is 0 Å². The van der Waals surface area contributed by atoms with Gasteiger partial charge in [-0.15, -0.1) is 0 Å². The molecule has 178 valence electrons. The molecule has 0 aliphatic heterocycles. The van der Waals surface area contributed by atoms with Crippen molar-refractivity contribution >= 4 is 37.5 Å². The summed E-state index contributed by atoms with van der Waals surface area (Å²) in [6.07, 6.45) is -1.49. The van der Waals surface area contributed by atoms with E-state index in [9.17, 15) is 33.4 Å². The van der Waals surface area contributed by atoms with Crippen molar-refractivity contribution in [2.24, 2.45) is 5.92 Å². The van der Waals surface area contributed by atoms with Gasteiger partial charge in [-0.05, 0) is 25.7 Å². The third-order valence-corrected chi connectivity index (χ3v) is 5.20. The Morgan fingerprint density at radius 3 is 1.94 bits per heavy atom. The van der Waals surface area contributed by atoms with Crippen LogP contribution in [0, 0.1) is 5.92 Å². The molecule has 0 fully saturated rings. The number of rotatable bonds is 17. The van der Waals surface area contributed by atoms with Crippen molar-refractivity contribution in [1.82, 2.24) is 10.4 Å². The fourth-order valence-corrected chi connectivity index (χ4v) is 3.30. The fourth-order valence-electron chi connectivity index (χ4n) is 2.22. The van der Waals surface area contributed by atoms with Crippen LogP contribution in [0.1, 0.15) is 45.4 Å². The van der Waals surface area contributed by atoms with E-state index in [0.29, 0.717) is 0 Å². The van der Waals surface area contributed by atoms with Crippen LogP contribution < -0.4 is 10.4 Å². The second-order valence-electron chi connectivity index (χ2n) is 6.68. The molecule has 14 nitrogen and oxygen atoms in total. The van der Waals surface area contributed by atoms with Crippen molar-refractivity contribution in [2.75, 3.05) is 6.61 Å². The van der Waals surface area contributed by atoms with Crippen LogP contribution in [0.3, 0.4) is 0 Å². The number of carboxylic acids is 4. The number of carboxylic acid groups (broad SMARTS) is 4. The summed E-state index contributed by atoms with van der Waals surface area (Å²) in [7, 11) is -4.62. The van der Waals surface area contributed by atoms with Gasteiger partial charge >= 0.3 is 31.6 Å².